The number of rotatable bonds is 7. The molecule has 0 bridgehead atoms. The molecule has 0 spiro atoms. The van der Waals surface area contributed by atoms with Gasteiger partial charge < -0.3 is 4.74 Å². The number of unbranched alkanes of at least 4 members (excludes halogenated alkanes) is 4. The van der Waals surface area contributed by atoms with Gasteiger partial charge in [-0.1, -0.05) is 58.2 Å². The summed E-state index contributed by atoms with van der Waals surface area (Å²) in [7, 11) is -1.61. The van der Waals surface area contributed by atoms with Gasteiger partial charge in [0.25, 0.3) is 0 Å². The second-order valence-electron chi connectivity index (χ2n) is 6.53. The summed E-state index contributed by atoms with van der Waals surface area (Å²) in [6.45, 7) is 8.75. The third-order valence-electron chi connectivity index (χ3n) is 3.10. The molecule has 122 valence electrons. The van der Waals surface area contributed by atoms with Gasteiger partial charge >= 0.3 is 0 Å². The summed E-state index contributed by atoms with van der Waals surface area (Å²) < 4.78 is 33.2. The summed E-state index contributed by atoms with van der Waals surface area (Å²) in [5.41, 5.74) is 3.15. The lowest BCUT2D eigenvalue weighted by atomic mass is 10.2. The highest BCUT2D eigenvalue weighted by Crippen LogP contribution is 2.22. The molecule has 0 atom stereocenters. The number of hydrogen-bond donors (Lipinski definition) is 0. The van der Waals surface area contributed by atoms with Crippen LogP contribution in [0.25, 0.3) is 0 Å². The predicted octanol–water partition coefficient (Wildman–Crippen LogP) is 5.54. The number of halogens is 2. The van der Waals surface area contributed by atoms with E-state index in [1.54, 1.807) is 0 Å². The maximum atomic E-state index is 13.9. The van der Waals surface area contributed by atoms with Crippen LogP contribution in [0, 0.1) is 23.1 Å². The molecule has 1 rings (SSSR count). The van der Waals surface area contributed by atoms with Crippen LogP contribution in [0.2, 0.25) is 19.6 Å². The van der Waals surface area contributed by atoms with Crippen molar-refractivity contribution in [2.24, 2.45) is 0 Å². The quantitative estimate of drug-likeness (QED) is 0.363. The van der Waals surface area contributed by atoms with Crippen molar-refractivity contribution in [2.45, 2.75) is 58.7 Å². The minimum absolute atomic E-state index is 0.0217. The van der Waals surface area contributed by atoms with Crippen molar-refractivity contribution in [1.82, 2.24) is 0 Å². The molecule has 0 radical (unpaired) electrons. The average Bonchev–Trinajstić information content (AvgIpc) is 2.43. The lowest BCUT2D eigenvalue weighted by Gasteiger charge is -2.08. The molecule has 0 saturated carbocycles. The average molecular weight is 324 g/mol. The zero-order valence-electron chi connectivity index (χ0n) is 14.1. The first-order chi connectivity index (χ1) is 10.3. The topological polar surface area (TPSA) is 9.23 Å². The molecule has 0 aromatic heterocycles. The Kier molecular flexibility index (Phi) is 7.61. The van der Waals surface area contributed by atoms with Gasteiger partial charge in [0.1, 0.15) is 13.9 Å². The molecule has 1 aromatic rings. The van der Waals surface area contributed by atoms with Gasteiger partial charge in [0, 0.05) is 6.07 Å². The summed E-state index contributed by atoms with van der Waals surface area (Å²) >= 11 is 0. The van der Waals surface area contributed by atoms with E-state index < -0.39 is 19.7 Å². The molecule has 0 unspecified atom stereocenters. The van der Waals surface area contributed by atoms with Gasteiger partial charge in [-0.05, 0) is 12.5 Å². The van der Waals surface area contributed by atoms with E-state index in [2.05, 4.69) is 38.0 Å². The Labute approximate surface area is 134 Å². The standard InChI is InChI=1S/C18H26F2OSi/c1-5-6-7-8-9-11-21-18-14-16(19)15(13-17(18)20)10-12-22(2,3)4/h13-14H,5-9,11H2,1-4H3. The first-order valence-corrected chi connectivity index (χ1v) is 11.5. The van der Waals surface area contributed by atoms with Crippen LogP contribution in [-0.4, -0.2) is 14.7 Å². The normalized spacial score (nSPS) is 11.0. The van der Waals surface area contributed by atoms with Crippen molar-refractivity contribution < 1.29 is 13.5 Å². The maximum absolute atomic E-state index is 13.9. The molecule has 0 saturated heterocycles. The summed E-state index contributed by atoms with van der Waals surface area (Å²) in [5.74, 6) is 1.66. The number of hydrogen-bond acceptors (Lipinski definition) is 1. The Morgan fingerprint density at radius 3 is 2.32 bits per heavy atom. The fourth-order valence-corrected chi connectivity index (χ4v) is 2.39. The van der Waals surface area contributed by atoms with E-state index in [-0.39, 0.29) is 11.3 Å². The maximum Gasteiger partial charge on any atom is 0.166 e. The van der Waals surface area contributed by atoms with E-state index in [1.807, 2.05) is 0 Å². The molecule has 1 aromatic carbocycles. The zero-order valence-corrected chi connectivity index (χ0v) is 15.1. The van der Waals surface area contributed by atoms with Crippen LogP contribution in [-0.2, 0) is 0 Å². The second-order valence-corrected chi connectivity index (χ2v) is 11.3. The zero-order chi connectivity index (χ0) is 16.6. The van der Waals surface area contributed by atoms with Crippen LogP contribution in [0.3, 0.4) is 0 Å². The van der Waals surface area contributed by atoms with Crippen molar-refractivity contribution in [3.8, 4) is 17.2 Å². The van der Waals surface area contributed by atoms with Gasteiger partial charge in [0.05, 0.1) is 12.2 Å². The molecule has 4 heteroatoms. The van der Waals surface area contributed by atoms with Crippen molar-refractivity contribution in [3.05, 3.63) is 29.3 Å². The number of benzene rings is 1. The van der Waals surface area contributed by atoms with E-state index in [0.717, 1.165) is 31.4 Å². The summed E-state index contributed by atoms with van der Waals surface area (Å²) in [6.07, 6.45) is 5.45. The molecule has 1 nitrogen and oxygen atoms in total. The van der Waals surface area contributed by atoms with Crippen LogP contribution < -0.4 is 4.74 Å². The van der Waals surface area contributed by atoms with Crippen LogP contribution in [0.1, 0.15) is 44.6 Å². The van der Waals surface area contributed by atoms with Gasteiger partial charge in [0.2, 0.25) is 0 Å². The Hall–Kier alpha value is -1.34. The van der Waals surface area contributed by atoms with Crippen molar-refractivity contribution in [3.63, 3.8) is 0 Å². The minimum atomic E-state index is -1.61. The van der Waals surface area contributed by atoms with E-state index in [9.17, 15) is 8.78 Å². The minimum Gasteiger partial charge on any atom is -0.490 e. The van der Waals surface area contributed by atoms with Crippen molar-refractivity contribution in [2.75, 3.05) is 6.61 Å². The fourth-order valence-electron chi connectivity index (χ4n) is 1.88. The predicted molar refractivity (Wildman–Crippen MR) is 90.8 cm³/mol. The monoisotopic (exact) mass is 324 g/mol. The SMILES string of the molecule is CCCCCCCOc1cc(F)c(C#C[Si](C)(C)C)cc1F. The Bertz CT molecular complexity index is 538. The van der Waals surface area contributed by atoms with Gasteiger partial charge in [-0.2, -0.15) is 0 Å². The molecular weight excluding hydrogens is 298 g/mol. The third kappa shape index (κ3) is 7.08. The number of ether oxygens (including phenoxy) is 1. The summed E-state index contributed by atoms with van der Waals surface area (Å²) in [4.78, 5) is 0. The molecule has 0 fully saturated rings. The molecule has 0 aliphatic heterocycles. The first kappa shape index (κ1) is 18.7. The Balaban J connectivity index is 2.63. The second kappa shape index (κ2) is 8.95. The summed E-state index contributed by atoms with van der Waals surface area (Å²) in [5, 5.41) is 0. The van der Waals surface area contributed by atoms with Crippen molar-refractivity contribution in [1.29, 1.82) is 0 Å². The molecular formula is C18H26F2OSi. The smallest absolute Gasteiger partial charge is 0.166 e. The molecule has 0 heterocycles. The summed E-state index contributed by atoms with van der Waals surface area (Å²) in [6, 6.07) is 2.24. The molecule has 22 heavy (non-hydrogen) atoms. The van der Waals surface area contributed by atoms with Crippen molar-refractivity contribution >= 4 is 8.07 Å². The van der Waals surface area contributed by atoms with Gasteiger partial charge in [-0.25, -0.2) is 8.78 Å². The lowest BCUT2D eigenvalue weighted by Crippen LogP contribution is -2.16. The van der Waals surface area contributed by atoms with Gasteiger partial charge in [0.15, 0.2) is 11.6 Å². The molecule has 0 amide bonds. The van der Waals surface area contributed by atoms with Crippen LogP contribution in [0.4, 0.5) is 8.78 Å². The van der Waals surface area contributed by atoms with E-state index in [4.69, 9.17) is 4.74 Å². The molecule has 0 aliphatic rings. The Morgan fingerprint density at radius 2 is 1.68 bits per heavy atom. The first-order valence-electron chi connectivity index (χ1n) is 7.98. The lowest BCUT2D eigenvalue weighted by molar-refractivity contribution is 0.288. The third-order valence-corrected chi connectivity index (χ3v) is 3.97. The largest absolute Gasteiger partial charge is 0.490 e. The Morgan fingerprint density at radius 1 is 1.00 bits per heavy atom. The van der Waals surface area contributed by atoms with Gasteiger partial charge in [-0.15, -0.1) is 5.54 Å². The van der Waals surface area contributed by atoms with Crippen LogP contribution in [0.5, 0.6) is 5.75 Å². The van der Waals surface area contributed by atoms with E-state index >= 15 is 0 Å². The highest BCUT2D eigenvalue weighted by Gasteiger charge is 2.12. The fraction of sp³-hybridized carbons (Fsp3) is 0.556. The van der Waals surface area contributed by atoms with Crippen LogP contribution in [0.15, 0.2) is 12.1 Å². The highest BCUT2D eigenvalue weighted by atomic mass is 28.3. The highest BCUT2D eigenvalue weighted by molar-refractivity contribution is 6.83. The molecule has 0 aliphatic carbocycles. The van der Waals surface area contributed by atoms with Gasteiger partial charge in [-0.3, -0.25) is 0 Å². The van der Waals surface area contributed by atoms with E-state index in [1.165, 1.54) is 12.8 Å². The van der Waals surface area contributed by atoms with Crippen LogP contribution >= 0.6 is 0 Å². The van der Waals surface area contributed by atoms with E-state index in [0.29, 0.717) is 6.61 Å². The molecule has 0 N–H and O–H groups in total.